The topological polar surface area (TPSA) is 65.9 Å². The minimum Gasteiger partial charge on any atom is -0.472 e. The van der Waals surface area contributed by atoms with Gasteiger partial charge in [0, 0.05) is 37.2 Å². The van der Waals surface area contributed by atoms with Gasteiger partial charge in [-0.05, 0) is 33.5 Å². The quantitative estimate of drug-likeness (QED) is 0.800. The predicted molar refractivity (Wildman–Crippen MR) is 106 cm³/mol. The summed E-state index contributed by atoms with van der Waals surface area (Å²) in [6.45, 7) is 7.14. The van der Waals surface area contributed by atoms with E-state index in [2.05, 4.69) is 35.6 Å². The van der Waals surface area contributed by atoms with Crippen LogP contribution >= 0.6 is 0 Å². The lowest BCUT2D eigenvalue weighted by atomic mass is 10.00. The number of aromatic nitrogens is 1. The van der Waals surface area contributed by atoms with Gasteiger partial charge in [-0.15, -0.1) is 0 Å². The summed E-state index contributed by atoms with van der Waals surface area (Å²) in [6, 6.07) is 1.48. The Morgan fingerprint density at radius 2 is 2.22 bits per heavy atom. The van der Waals surface area contributed by atoms with Gasteiger partial charge in [-0.3, -0.25) is 4.79 Å². The first-order chi connectivity index (χ1) is 12.9. The first-order valence-electron chi connectivity index (χ1n) is 9.59. The summed E-state index contributed by atoms with van der Waals surface area (Å²) in [5.74, 6) is 6.42. The number of carbonyl (C=O) groups excluding carboxylic acids is 1. The molecule has 1 amide bonds. The van der Waals surface area contributed by atoms with E-state index >= 15 is 0 Å². The zero-order valence-electron chi connectivity index (χ0n) is 17.0. The van der Waals surface area contributed by atoms with Crippen LogP contribution in [0.15, 0.2) is 12.3 Å². The normalized spacial score (nSPS) is 20.9. The van der Waals surface area contributed by atoms with Crippen LogP contribution in [0.5, 0.6) is 5.88 Å². The molecule has 1 aromatic rings. The predicted octanol–water partition coefficient (Wildman–Crippen LogP) is 2.01. The summed E-state index contributed by atoms with van der Waals surface area (Å²) in [5.41, 5.74) is 1.11. The highest BCUT2D eigenvalue weighted by molar-refractivity contribution is 5.97. The van der Waals surface area contributed by atoms with Gasteiger partial charge in [0.25, 0.3) is 5.91 Å². The van der Waals surface area contributed by atoms with E-state index in [1.165, 1.54) is 0 Å². The van der Waals surface area contributed by atoms with Crippen LogP contribution in [0.3, 0.4) is 0 Å². The molecular formula is C21H31N3O3. The Hall–Kier alpha value is -2.10. The molecule has 0 saturated heterocycles. The van der Waals surface area contributed by atoms with Crippen molar-refractivity contribution in [2.45, 2.75) is 45.8 Å². The van der Waals surface area contributed by atoms with E-state index < -0.39 is 0 Å². The van der Waals surface area contributed by atoms with E-state index in [0.29, 0.717) is 23.6 Å². The van der Waals surface area contributed by atoms with Crippen molar-refractivity contribution in [3.63, 3.8) is 0 Å². The van der Waals surface area contributed by atoms with Crippen LogP contribution < -0.4 is 4.74 Å². The molecule has 0 unspecified atom stereocenters. The zero-order chi connectivity index (χ0) is 20.0. The van der Waals surface area contributed by atoms with Crippen LogP contribution in [0, 0.1) is 17.8 Å². The fraction of sp³-hybridized carbons (Fsp3) is 0.619. The molecule has 1 aliphatic heterocycles. The van der Waals surface area contributed by atoms with Crippen molar-refractivity contribution in [1.82, 2.24) is 14.8 Å². The molecule has 1 aliphatic rings. The number of carbonyl (C=O) groups is 1. The van der Waals surface area contributed by atoms with Gasteiger partial charge in [-0.2, -0.15) is 0 Å². The van der Waals surface area contributed by atoms with Gasteiger partial charge in [-0.25, -0.2) is 4.98 Å². The minimum atomic E-state index is -0.277. The highest BCUT2D eigenvalue weighted by Gasteiger charge is 2.33. The molecule has 3 atom stereocenters. The smallest absolute Gasteiger partial charge is 0.259 e. The molecule has 1 aromatic heterocycles. The van der Waals surface area contributed by atoms with Crippen LogP contribution in [0.25, 0.3) is 0 Å². The number of fused-ring (bicyclic) bond motifs is 1. The van der Waals surface area contributed by atoms with E-state index in [-0.39, 0.29) is 30.6 Å². The van der Waals surface area contributed by atoms with Crippen molar-refractivity contribution in [2.24, 2.45) is 5.92 Å². The lowest BCUT2D eigenvalue weighted by molar-refractivity contribution is 0.0348. The number of pyridine rings is 1. The van der Waals surface area contributed by atoms with Crippen LogP contribution in [0.1, 0.15) is 49.5 Å². The number of amides is 1. The van der Waals surface area contributed by atoms with Crippen molar-refractivity contribution >= 4 is 5.91 Å². The lowest BCUT2D eigenvalue weighted by Crippen LogP contribution is -2.49. The first kappa shape index (κ1) is 21.2. The number of hydrogen-bond acceptors (Lipinski definition) is 5. The molecule has 0 bridgehead atoms. The Morgan fingerprint density at radius 1 is 1.48 bits per heavy atom. The number of ether oxygens (including phenoxy) is 1. The molecule has 0 saturated carbocycles. The third kappa shape index (κ3) is 5.44. The fourth-order valence-corrected chi connectivity index (χ4v) is 3.04. The second-order valence-electron chi connectivity index (χ2n) is 7.51. The Bertz CT molecular complexity index is 708. The molecule has 6 nitrogen and oxygen atoms in total. The van der Waals surface area contributed by atoms with Crippen molar-refractivity contribution in [3.8, 4) is 17.7 Å². The van der Waals surface area contributed by atoms with Crippen molar-refractivity contribution < 1.29 is 14.6 Å². The summed E-state index contributed by atoms with van der Waals surface area (Å²) in [7, 11) is 3.99. The Balaban J connectivity index is 2.46. The average molecular weight is 373 g/mol. The maximum absolute atomic E-state index is 13.2. The van der Waals surface area contributed by atoms with E-state index in [9.17, 15) is 9.90 Å². The summed E-state index contributed by atoms with van der Waals surface area (Å²) < 4.78 is 6.16. The largest absolute Gasteiger partial charge is 0.472 e. The Kier molecular flexibility index (Phi) is 7.64. The van der Waals surface area contributed by atoms with Crippen molar-refractivity contribution in [3.05, 3.63) is 23.4 Å². The SMILES string of the molecule is CCCC#Cc1cnc2c(c1)C(=O)N([C@H](C)CO)C[C@@H](C)[C@H](CN(C)C)O2. The molecule has 2 heterocycles. The van der Waals surface area contributed by atoms with E-state index in [4.69, 9.17) is 4.74 Å². The van der Waals surface area contributed by atoms with Crippen LogP contribution in [0.2, 0.25) is 0 Å². The number of rotatable bonds is 5. The number of unbranched alkanes of at least 4 members (excludes halogenated alkanes) is 1. The van der Waals surface area contributed by atoms with Crippen LogP contribution in [-0.2, 0) is 0 Å². The summed E-state index contributed by atoms with van der Waals surface area (Å²) in [6.07, 6.45) is 3.34. The highest BCUT2D eigenvalue weighted by Crippen LogP contribution is 2.27. The number of nitrogens with zero attached hydrogens (tertiary/aromatic N) is 3. The Morgan fingerprint density at radius 3 is 2.85 bits per heavy atom. The number of aliphatic hydroxyl groups excluding tert-OH is 1. The van der Waals surface area contributed by atoms with Gasteiger partial charge < -0.3 is 19.6 Å². The molecule has 0 radical (unpaired) electrons. The number of hydrogen-bond donors (Lipinski definition) is 1. The summed E-state index contributed by atoms with van der Waals surface area (Å²) in [5, 5.41) is 9.64. The molecular weight excluding hydrogens is 342 g/mol. The van der Waals surface area contributed by atoms with Gasteiger partial charge >= 0.3 is 0 Å². The van der Waals surface area contributed by atoms with E-state index in [0.717, 1.165) is 19.4 Å². The standard InChI is InChI=1S/C21H31N3O3/c1-6-7-8-9-17-10-18-20(22-11-17)27-19(13-23(4)5)15(2)12-24(21(18)26)16(3)14-25/h10-11,15-16,19,25H,6-7,12-14H2,1-5H3/t15-,16-,19+/m1/s1. The van der Waals surface area contributed by atoms with Gasteiger partial charge in [-0.1, -0.05) is 25.7 Å². The maximum Gasteiger partial charge on any atom is 0.259 e. The van der Waals surface area contributed by atoms with Crippen molar-refractivity contribution in [1.29, 1.82) is 0 Å². The zero-order valence-corrected chi connectivity index (χ0v) is 17.0. The van der Waals surface area contributed by atoms with Crippen LogP contribution in [-0.4, -0.2) is 71.7 Å². The fourth-order valence-electron chi connectivity index (χ4n) is 3.04. The molecule has 0 fully saturated rings. The monoisotopic (exact) mass is 373 g/mol. The highest BCUT2D eigenvalue weighted by atomic mass is 16.5. The first-order valence-corrected chi connectivity index (χ1v) is 9.59. The molecule has 6 heteroatoms. The van der Waals surface area contributed by atoms with E-state index in [1.807, 2.05) is 21.0 Å². The van der Waals surface area contributed by atoms with Crippen LogP contribution in [0.4, 0.5) is 0 Å². The minimum absolute atomic E-state index is 0.0869. The lowest BCUT2D eigenvalue weighted by Gasteiger charge is -2.37. The number of likely N-dealkylation sites (N-methyl/N-ethyl adjacent to an activating group) is 1. The van der Waals surface area contributed by atoms with Gasteiger partial charge in [0.1, 0.15) is 11.7 Å². The van der Waals surface area contributed by atoms with E-state index in [1.54, 1.807) is 17.2 Å². The van der Waals surface area contributed by atoms with Gasteiger partial charge in [0.2, 0.25) is 5.88 Å². The molecule has 1 N–H and O–H groups in total. The molecule has 148 valence electrons. The Labute approximate surface area is 162 Å². The molecule has 0 aromatic carbocycles. The number of aliphatic hydroxyl groups is 1. The van der Waals surface area contributed by atoms with Gasteiger partial charge in [0.05, 0.1) is 12.6 Å². The summed E-state index contributed by atoms with van der Waals surface area (Å²) >= 11 is 0. The summed E-state index contributed by atoms with van der Waals surface area (Å²) in [4.78, 5) is 21.4. The maximum atomic E-state index is 13.2. The second kappa shape index (κ2) is 9.72. The molecule has 0 aliphatic carbocycles. The average Bonchev–Trinajstić information content (AvgIpc) is 2.64. The third-order valence-electron chi connectivity index (χ3n) is 4.67. The van der Waals surface area contributed by atoms with Gasteiger partial charge in [0.15, 0.2) is 0 Å². The second-order valence-corrected chi connectivity index (χ2v) is 7.51. The third-order valence-corrected chi connectivity index (χ3v) is 4.67. The molecule has 0 spiro atoms. The molecule has 2 rings (SSSR count). The molecule has 27 heavy (non-hydrogen) atoms. The van der Waals surface area contributed by atoms with Crippen molar-refractivity contribution in [2.75, 3.05) is 33.8 Å².